The number of likely N-dealkylation sites (tertiary alicyclic amines) is 1. The van der Waals surface area contributed by atoms with Gasteiger partial charge < -0.3 is 10.5 Å². The molecule has 2 fully saturated rings. The van der Waals surface area contributed by atoms with Gasteiger partial charge in [0, 0.05) is 19.1 Å². The first kappa shape index (κ1) is 12.8. The summed E-state index contributed by atoms with van der Waals surface area (Å²) in [6, 6.07) is 0.0274. The van der Waals surface area contributed by atoms with Crippen molar-refractivity contribution in [3.05, 3.63) is 0 Å². The van der Waals surface area contributed by atoms with E-state index in [1.807, 2.05) is 0 Å². The SMILES string of the molecule is COC(=O)C1CC(N)CN1CC1CCCCC1. The first-order valence-electron chi connectivity index (χ1n) is 6.78. The van der Waals surface area contributed by atoms with Crippen molar-refractivity contribution in [2.75, 3.05) is 20.2 Å². The number of hydrogen-bond acceptors (Lipinski definition) is 4. The molecule has 1 saturated heterocycles. The van der Waals surface area contributed by atoms with Crippen LogP contribution < -0.4 is 5.73 Å². The fraction of sp³-hybridized carbons (Fsp3) is 0.923. The lowest BCUT2D eigenvalue weighted by atomic mass is 9.89. The zero-order chi connectivity index (χ0) is 12.3. The Kier molecular flexibility index (Phi) is 4.40. The maximum absolute atomic E-state index is 11.7. The molecule has 1 heterocycles. The van der Waals surface area contributed by atoms with Gasteiger partial charge in [-0.25, -0.2) is 0 Å². The van der Waals surface area contributed by atoms with Crippen LogP contribution in [-0.4, -0.2) is 43.2 Å². The predicted octanol–water partition coefficient (Wildman–Crippen LogP) is 1.14. The van der Waals surface area contributed by atoms with Crippen LogP contribution in [0.4, 0.5) is 0 Å². The Morgan fingerprint density at radius 3 is 2.71 bits per heavy atom. The van der Waals surface area contributed by atoms with E-state index in [1.54, 1.807) is 0 Å². The fourth-order valence-corrected chi connectivity index (χ4v) is 3.22. The van der Waals surface area contributed by atoms with Crippen molar-refractivity contribution in [3.8, 4) is 0 Å². The van der Waals surface area contributed by atoms with Crippen LogP contribution in [0.5, 0.6) is 0 Å². The van der Waals surface area contributed by atoms with Gasteiger partial charge in [0.1, 0.15) is 6.04 Å². The van der Waals surface area contributed by atoms with Gasteiger partial charge in [0.05, 0.1) is 7.11 Å². The number of ether oxygens (including phenoxy) is 1. The summed E-state index contributed by atoms with van der Waals surface area (Å²) < 4.78 is 4.87. The highest BCUT2D eigenvalue weighted by atomic mass is 16.5. The van der Waals surface area contributed by atoms with Crippen LogP contribution in [-0.2, 0) is 9.53 Å². The Bertz CT molecular complexity index is 264. The highest BCUT2D eigenvalue weighted by molar-refractivity contribution is 5.76. The molecule has 2 N–H and O–H groups in total. The standard InChI is InChI=1S/C13H24N2O2/c1-17-13(16)12-7-11(14)9-15(12)8-10-5-3-2-4-6-10/h10-12H,2-9,14H2,1H3. The van der Waals surface area contributed by atoms with Crippen molar-refractivity contribution in [2.24, 2.45) is 11.7 Å². The zero-order valence-corrected chi connectivity index (χ0v) is 10.7. The highest BCUT2D eigenvalue weighted by Crippen LogP contribution is 2.27. The highest BCUT2D eigenvalue weighted by Gasteiger charge is 2.36. The number of hydrogen-bond donors (Lipinski definition) is 1. The van der Waals surface area contributed by atoms with Crippen molar-refractivity contribution in [3.63, 3.8) is 0 Å². The lowest BCUT2D eigenvalue weighted by Crippen LogP contribution is -2.40. The molecule has 0 radical (unpaired) electrons. The van der Waals surface area contributed by atoms with Crippen LogP contribution in [0.2, 0.25) is 0 Å². The van der Waals surface area contributed by atoms with E-state index in [0.29, 0.717) is 0 Å². The van der Waals surface area contributed by atoms with Crippen molar-refractivity contribution in [1.29, 1.82) is 0 Å². The summed E-state index contributed by atoms with van der Waals surface area (Å²) in [5.41, 5.74) is 5.96. The summed E-state index contributed by atoms with van der Waals surface area (Å²) in [5.74, 6) is 0.634. The molecule has 4 nitrogen and oxygen atoms in total. The molecule has 0 aromatic heterocycles. The normalized spacial score (nSPS) is 31.6. The van der Waals surface area contributed by atoms with E-state index >= 15 is 0 Å². The molecule has 2 atom stereocenters. The smallest absolute Gasteiger partial charge is 0.323 e. The minimum Gasteiger partial charge on any atom is -0.468 e. The molecule has 4 heteroatoms. The molecular formula is C13H24N2O2. The third-order valence-corrected chi connectivity index (χ3v) is 4.13. The van der Waals surface area contributed by atoms with E-state index in [4.69, 9.17) is 10.5 Å². The quantitative estimate of drug-likeness (QED) is 0.752. The van der Waals surface area contributed by atoms with Gasteiger partial charge in [-0.05, 0) is 25.2 Å². The lowest BCUT2D eigenvalue weighted by Gasteiger charge is -2.29. The van der Waals surface area contributed by atoms with E-state index in [1.165, 1.54) is 39.2 Å². The molecular weight excluding hydrogens is 216 g/mol. The molecule has 1 aliphatic heterocycles. The molecule has 0 spiro atoms. The number of rotatable bonds is 3. The van der Waals surface area contributed by atoms with E-state index in [2.05, 4.69) is 4.90 Å². The molecule has 2 aliphatic rings. The molecule has 98 valence electrons. The van der Waals surface area contributed by atoms with E-state index < -0.39 is 0 Å². The summed E-state index contributed by atoms with van der Waals surface area (Å²) in [4.78, 5) is 13.9. The summed E-state index contributed by atoms with van der Waals surface area (Å²) in [5, 5.41) is 0. The Hall–Kier alpha value is -0.610. The number of methoxy groups -OCH3 is 1. The van der Waals surface area contributed by atoms with Crippen molar-refractivity contribution < 1.29 is 9.53 Å². The van der Waals surface area contributed by atoms with Crippen LogP contribution in [0.1, 0.15) is 38.5 Å². The van der Waals surface area contributed by atoms with Crippen LogP contribution in [0, 0.1) is 5.92 Å². The van der Waals surface area contributed by atoms with Crippen LogP contribution in [0.15, 0.2) is 0 Å². The van der Waals surface area contributed by atoms with Gasteiger partial charge in [-0.15, -0.1) is 0 Å². The maximum atomic E-state index is 11.7. The lowest BCUT2D eigenvalue weighted by molar-refractivity contribution is -0.146. The monoisotopic (exact) mass is 240 g/mol. The van der Waals surface area contributed by atoms with E-state index in [0.717, 1.165) is 25.4 Å². The molecule has 2 unspecified atom stereocenters. The third-order valence-electron chi connectivity index (χ3n) is 4.13. The Balaban J connectivity index is 1.90. The molecule has 0 bridgehead atoms. The van der Waals surface area contributed by atoms with Gasteiger partial charge in [0.25, 0.3) is 0 Å². The van der Waals surface area contributed by atoms with Crippen molar-refractivity contribution in [1.82, 2.24) is 4.90 Å². The topological polar surface area (TPSA) is 55.6 Å². The predicted molar refractivity (Wildman–Crippen MR) is 66.5 cm³/mol. The van der Waals surface area contributed by atoms with Gasteiger partial charge in [-0.2, -0.15) is 0 Å². The Morgan fingerprint density at radius 2 is 2.06 bits per heavy atom. The van der Waals surface area contributed by atoms with E-state index in [9.17, 15) is 4.79 Å². The summed E-state index contributed by atoms with van der Waals surface area (Å²) in [6.45, 7) is 1.86. The van der Waals surface area contributed by atoms with Crippen LogP contribution in [0.25, 0.3) is 0 Å². The van der Waals surface area contributed by atoms with Gasteiger partial charge in [0.2, 0.25) is 0 Å². The summed E-state index contributed by atoms with van der Waals surface area (Å²) in [6.07, 6.45) is 7.41. The molecule has 0 aromatic rings. The van der Waals surface area contributed by atoms with Gasteiger partial charge >= 0.3 is 5.97 Å². The van der Waals surface area contributed by atoms with Crippen molar-refractivity contribution >= 4 is 5.97 Å². The van der Waals surface area contributed by atoms with Gasteiger partial charge in [-0.3, -0.25) is 9.69 Å². The number of esters is 1. The molecule has 17 heavy (non-hydrogen) atoms. The first-order chi connectivity index (χ1) is 8.20. The minimum atomic E-state index is -0.117. The molecule has 0 aromatic carbocycles. The largest absolute Gasteiger partial charge is 0.468 e. The third kappa shape index (κ3) is 3.19. The molecule has 2 rings (SSSR count). The number of carbonyl (C=O) groups is 1. The van der Waals surface area contributed by atoms with E-state index in [-0.39, 0.29) is 18.1 Å². The summed E-state index contributed by atoms with van der Waals surface area (Å²) in [7, 11) is 1.46. The van der Waals surface area contributed by atoms with Crippen molar-refractivity contribution in [2.45, 2.75) is 50.6 Å². The summed E-state index contributed by atoms with van der Waals surface area (Å²) >= 11 is 0. The average molecular weight is 240 g/mol. The Morgan fingerprint density at radius 1 is 1.35 bits per heavy atom. The van der Waals surface area contributed by atoms with Crippen LogP contribution in [0.3, 0.4) is 0 Å². The minimum absolute atomic E-state index is 0.100. The van der Waals surface area contributed by atoms with Gasteiger partial charge in [-0.1, -0.05) is 19.3 Å². The number of nitrogens with two attached hydrogens (primary N) is 1. The second-order valence-corrected chi connectivity index (χ2v) is 5.49. The molecule has 1 saturated carbocycles. The number of carbonyl (C=O) groups excluding carboxylic acids is 1. The van der Waals surface area contributed by atoms with Gasteiger partial charge in [0.15, 0.2) is 0 Å². The first-order valence-corrected chi connectivity index (χ1v) is 6.78. The second-order valence-electron chi connectivity index (χ2n) is 5.49. The molecule has 1 aliphatic carbocycles. The zero-order valence-electron chi connectivity index (χ0n) is 10.7. The number of nitrogens with zero attached hydrogens (tertiary/aromatic N) is 1. The fourth-order valence-electron chi connectivity index (χ4n) is 3.22. The second kappa shape index (κ2) is 5.83. The molecule has 0 amide bonds. The average Bonchev–Trinajstić information content (AvgIpc) is 2.70. The maximum Gasteiger partial charge on any atom is 0.323 e. The Labute approximate surface area is 103 Å². The van der Waals surface area contributed by atoms with Crippen LogP contribution >= 0.6 is 0 Å².